The molecule has 2 aromatic heterocycles. The second-order valence-electron chi connectivity index (χ2n) is 7.13. The van der Waals surface area contributed by atoms with Gasteiger partial charge in [0.2, 0.25) is 0 Å². The summed E-state index contributed by atoms with van der Waals surface area (Å²) in [6, 6.07) is 28.3. The first-order valence-corrected chi connectivity index (χ1v) is 10.0. The molecule has 0 aliphatic carbocycles. The van der Waals surface area contributed by atoms with Gasteiger partial charge in [-0.25, -0.2) is 9.50 Å². The zero-order valence-corrected chi connectivity index (χ0v) is 17.0. The van der Waals surface area contributed by atoms with E-state index in [4.69, 9.17) is 9.72 Å². The number of nitrogens with one attached hydrogen (secondary N) is 1. The van der Waals surface area contributed by atoms with E-state index in [2.05, 4.69) is 39.7 Å². The Morgan fingerprint density at radius 2 is 1.58 bits per heavy atom. The van der Waals surface area contributed by atoms with Gasteiger partial charge in [-0.1, -0.05) is 60.7 Å². The summed E-state index contributed by atoms with van der Waals surface area (Å²) < 4.78 is 7.02. The Kier molecular flexibility index (Phi) is 5.02. The van der Waals surface area contributed by atoms with Gasteiger partial charge in [0.25, 0.3) is 5.78 Å². The molecule has 0 saturated carbocycles. The lowest BCUT2D eigenvalue weighted by Gasteiger charge is -2.23. The number of ether oxygens (including phenoxy) is 1. The molecule has 1 N–H and O–H groups in total. The summed E-state index contributed by atoms with van der Waals surface area (Å²) in [6.45, 7) is 0. The zero-order valence-electron chi connectivity index (χ0n) is 17.0. The highest BCUT2D eigenvalue weighted by molar-refractivity contribution is 5.67. The summed E-state index contributed by atoms with van der Waals surface area (Å²) in [5, 5.41) is 7.99. The lowest BCUT2D eigenvalue weighted by atomic mass is 9.95. The molecule has 0 aliphatic heterocycles. The van der Waals surface area contributed by atoms with Gasteiger partial charge in [-0.2, -0.15) is 10.1 Å². The van der Waals surface area contributed by atoms with Gasteiger partial charge in [0, 0.05) is 23.0 Å². The summed E-state index contributed by atoms with van der Waals surface area (Å²) >= 11 is 0. The van der Waals surface area contributed by atoms with E-state index in [1.54, 1.807) is 11.6 Å². The first kappa shape index (κ1) is 18.8. The largest absolute Gasteiger partial charge is 0.497 e. The second-order valence-corrected chi connectivity index (χ2v) is 7.13. The normalized spacial score (nSPS) is 11.9. The summed E-state index contributed by atoms with van der Waals surface area (Å²) in [4.78, 5) is 9.14. The SMILES string of the molecule is COc1ccc(NC(c2ccccc2)c2cn3ncnc3nc2-c2ccccc2)cc1. The van der Waals surface area contributed by atoms with Crippen LogP contribution >= 0.6 is 0 Å². The van der Waals surface area contributed by atoms with E-state index in [0.29, 0.717) is 5.78 Å². The molecule has 3 aromatic carbocycles. The fourth-order valence-electron chi connectivity index (χ4n) is 3.65. The quantitative estimate of drug-likeness (QED) is 0.429. The third-order valence-corrected chi connectivity index (χ3v) is 5.19. The topological polar surface area (TPSA) is 64.3 Å². The van der Waals surface area contributed by atoms with Crippen LogP contribution in [0.1, 0.15) is 17.2 Å². The molecule has 0 bridgehead atoms. The van der Waals surface area contributed by atoms with Gasteiger partial charge in [-0.15, -0.1) is 0 Å². The van der Waals surface area contributed by atoms with Gasteiger partial charge in [-0.05, 0) is 29.8 Å². The van der Waals surface area contributed by atoms with Crippen molar-refractivity contribution in [1.29, 1.82) is 0 Å². The van der Waals surface area contributed by atoms with Gasteiger partial charge in [0.05, 0.1) is 18.8 Å². The molecule has 2 heterocycles. The minimum atomic E-state index is -0.147. The minimum Gasteiger partial charge on any atom is -0.497 e. The predicted octanol–water partition coefficient (Wildman–Crippen LogP) is 5.00. The number of hydrogen-bond acceptors (Lipinski definition) is 5. The molecule has 5 aromatic rings. The molecule has 0 fully saturated rings. The molecule has 1 unspecified atom stereocenters. The van der Waals surface area contributed by atoms with Gasteiger partial charge >= 0.3 is 0 Å². The minimum absolute atomic E-state index is 0.147. The lowest BCUT2D eigenvalue weighted by molar-refractivity contribution is 0.415. The number of nitrogens with zero attached hydrogens (tertiary/aromatic N) is 4. The Hall–Kier alpha value is -4.19. The van der Waals surface area contributed by atoms with Crippen molar-refractivity contribution in [3.8, 4) is 17.0 Å². The molecule has 1 atom stereocenters. The zero-order chi connectivity index (χ0) is 21.0. The van der Waals surface area contributed by atoms with Gasteiger partial charge in [0.1, 0.15) is 12.1 Å². The number of fused-ring (bicyclic) bond motifs is 1. The smallest absolute Gasteiger partial charge is 0.252 e. The Labute approximate surface area is 180 Å². The van der Waals surface area contributed by atoms with Crippen molar-refractivity contribution >= 4 is 11.5 Å². The fourth-order valence-corrected chi connectivity index (χ4v) is 3.65. The second kappa shape index (κ2) is 8.28. The molecule has 0 saturated heterocycles. The monoisotopic (exact) mass is 407 g/mol. The Bertz CT molecular complexity index is 1280. The first-order valence-electron chi connectivity index (χ1n) is 10.0. The van der Waals surface area contributed by atoms with E-state index in [-0.39, 0.29) is 6.04 Å². The van der Waals surface area contributed by atoms with Crippen molar-refractivity contribution in [1.82, 2.24) is 19.6 Å². The molecule has 0 spiro atoms. The Balaban J connectivity index is 1.68. The van der Waals surface area contributed by atoms with Crippen molar-refractivity contribution in [2.75, 3.05) is 12.4 Å². The molecule has 0 radical (unpaired) electrons. The van der Waals surface area contributed by atoms with Crippen LogP contribution < -0.4 is 10.1 Å². The molecule has 0 aliphatic rings. The molecule has 6 heteroatoms. The van der Waals surface area contributed by atoms with Crippen molar-refractivity contribution in [2.24, 2.45) is 0 Å². The summed E-state index contributed by atoms with van der Waals surface area (Å²) in [7, 11) is 1.67. The number of anilines is 1. The number of methoxy groups -OCH3 is 1. The highest BCUT2D eigenvalue weighted by Gasteiger charge is 2.21. The van der Waals surface area contributed by atoms with Crippen LogP contribution in [0.4, 0.5) is 5.69 Å². The lowest BCUT2D eigenvalue weighted by Crippen LogP contribution is -2.15. The standard InChI is InChI=1S/C25H21N5O/c1-31-21-14-12-20(13-15-21)28-23(18-8-4-2-5-9-18)22-16-30-25(26-17-27-30)29-24(22)19-10-6-3-7-11-19/h2-17,23,28H,1H3. The summed E-state index contributed by atoms with van der Waals surface area (Å²) in [6.07, 6.45) is 3.53. The summed E-state index contributed by atoms with van der Waals surface area (Å²) in [5.74, 6) is 1.39. The van der Waals surface area contributed by atoms with E-state index in [9.17, 15) is 0 Å². The predicted molar refractivity (Wildman–Crippen MR) is 121 cm³/mol. The highest BCUT2D eigenvalue weighted by Crippen LogP contribution is 2.33. The molecule has 0 amide bonds. The van der Waals surface area contributed by atoms with Crippen LogP contribution in [0.5, 0.6) is 5.75 Å². The van der Waals surface area contributed by atoms with Crippen LogP contribution in [0.3, 0.4) is 0 Å². The van der Waals surface area contributed by atoms with Crippen LogP contribution in [-0.2, 0) is 0 Å². The first-order chi connectivity index (χ1) is 15.3. The van der Waals surface area contributed by atoms with Crippen LogP contribution in [-0.4, -0.2) is 26.7 Å². The van der Waals surface area contributed by atoms with Gasteiger partial charge in [0.15, 0.2) is 0 Å². The molecule has 152 valence electrons. The number of benzene rings is 3. The number of hydrogen-bond donors (Lipinski definition) is 1. The van der Waals surface area contributed by atoms with E-state index in [0.717, 1.165) is 33.8 Å². The molecule has 5 rings (SSSR count). The molecule has 31 heavy (non-hydrogen) atoms. The van der Waals surface area contributed by atoms with E-state index in [1.807, 2.05) is 66.9 Å². The number of rotatable bonds is 6. The van der Waals surface area contributed by atoms with Crippen LogP contribution in [0.2, 0.25) is 0 Å². The summed E-state index contributed by atoms with van der Waals surface area (Å²) in [5.41, 5.74) is 5.01. The average Bonchev–Trinajstić information content (AvgIpc) is 3.31. The maximum atomic E-state index is 5.30. The van der Waals surface area contributed by atoms with E-state index >= 15 is 0 Å². The van der Waals surface area contributed by atoms with E-state index < -0.39 is 0 Å². The van der Waals surface area contributed by atoms with Gasteiger partial charge < -0.3 is 10.1 Å². The van der Waals surface area contributed by atoms with Crippen molar-refractivity contribution < 1.29 is 4.74 Å². The van der Waals surface area contributed by atoms with Crippen molar-refractivity contribution in [2.45, 2.75) is 6.04 Å². The van der Waals surface area contributed by atoms with Gasteiger partial charge in [-0.3, -0.25) is 0 Å². The van der Waals surface area contributed by atoms with Crippen molar-refractivity contribution in [3.05, 3.63) is 109 Å². The Morgan fingerprint density at radius 1 is 0.871 bits per heavy atom. The van der Waals surface area contributed by atoms with Crippen LogP contribution in [0, 0.1) is 0 Å². The van der Waals surface area contributed by atoms with E-state index in [1.165, 1.54) is 6.33 Å². The molecular formula is C25H21N5O. The molecular weight excluding hydrogens is 386 g/mol. The van der Waals surface area contributed by atoms with Crippen LogP contribution in [0.15, 0.2) is 97.5 Å². The average molecular weight is 407 g/mol. The molecule has 6 nitrogen and oxygen atoms in total. The number of aromatic nitrogens is 4. The Morgan fingerprint density at radius 3 is 2.29 bits per heavy atom. The van der Waals surface area contributed by atoms with Crippen molar-refractivity contribution in [3.63, 3.8) is 0 Å². The van der Waals surface area contributed by atoms with Crippen LogP contribution in [0.25, 0.3) is 17.0 Å². The third kappa shape index (κ3) is 3.83. The third-order valence-electron chi connectivity index (χ3n) is 5.19. The fraction of sp³-hybridized carbons (Fsp3) is 0.0800. The maximum Gasteiger partial charge on any atom is 0.252 e. The highest BCUT2D eigenvalue weighted by atomic mass is 16.5. The maximum absolute atomic E-state index is 5.30.